The Bertz CT molecular complexity index is 736. The molecule has 2 aromatic carbocycles. The van der Waals surface area contributed by atoms with E-state index in [4.69, 9.17) is 5.73 Å². The monoisotopic (exact) mass is 299 g/mol. The van der Waals surface area contributed by atoms with Crippen LogP contribution in [-0.4, -0.2) is 16.7 Å². The van der Waals surface area contributed by atoms with Crippen molar-refractivity contribution in [1.29, 1.82) is 0 Å². The molecule has 0 aliphatic heterocycles. The summed E-state index contributed by atoms with van der Waals surface area (Å²) < 4.78 is 0. The van der Waals surface area contributed by atoms with E-state index in [0.717, 1.165) is 22.9 Å². The Labute approximate surface area is 129 Å². The molecule has 1 amide bonds. The van der Waals surface area contributed by atoms with E-state index < -0.39 is 5.91 Å². The number of hydrazone groups is 1. The van der Waals surface area contributed by atoms with E-state index in [0.29, 0.717) is 5.92 Å². The Kier molecular flexibility index (Phi) is 4.65. The van der Waals surface area contributed by atoms with Crippen LogP contribution in [0.25, 0.3) is 10.8 Å². The van der Waals surface area contributed by atoms with Crippen molar-refractivity contribution >= 4 is 28.1 Å². The summed E-state index contributed by atoms with van der Waals surface area (Å²) >= 11 is 0. The zero-order valence-electron chi connectivity index (χ0n) is 13.1. The van der Waals surface area contributed by atoms with Crippen molar-refractivity contribution < 1.29 is 9.90 Å². The highest BCUT2D eigenvalue weighted by Crippen LogP contribution is 2.33. The number of nitrogens with two attached hydrogens (primary N) is 1. The molecule has 0 fully saturated rings. The van der Waals surface area contributed by atoms with Crippen LogP contribution in [0.3, 0.4) is 0 Å². The van der Waals surface area contributed by atoms with Crippen molar-refractivity contribution in [3.05, 3.63) is 35.9 Å². The third kappa shape index (κ3) is 3.36. The Balaban J connectivity index is 2.30. The molecule has 4 N–H and O–H groups in total. The molecule has 5 nitrogen and oxygen atoms in total. The van der Waals surface area contributed by atoms with Gasteiger partial charge in [-0.15, -0.1) is 0 Å². The lowest BCUT2D eigenvalue weighted by atomic mass is 10.0. The normalized spacial score (nSPS) is 11.9. The van der Waals surface area contributed by atoms with Crippen LogP contribution in [0.2, 0.25) is 0 Å². The van der Waals surface area contributed by atoms with Crippen LogP contribution >= 0.6 is 0 Å². The molecular formula is C17H21N3O2. The second-order valence-corrected chi connectivity index (χ2v) is 5.79. The SMILES string of the molecule is CC(CC(C)C)=NNC(=O)c1cc2ccccc2c(N)c1O. The molecule has 0 radical (unpaired) electrons. The minimum absolute atomic E-state index is 0.122. The number of anilines is 1. The minimum atomic E-state index is -0.474. The van der Waals surface area contributed by atoms with Gasteiger partial charge in [0.25, 0.3) is 5.91 Å². The zero-order chi connectivity index (χ0) is 16.3. The highest BCUT2D eigenvalue weighted by molar-refractivity contribution is 6.07. The first-order valence-corrected chi connectivity index (χ1v) is 7.23. The van der Waals surface area contributed by atoms with Gasteiger partial charge in [-0.1, -0.05) is 38.1 Å². The molecule has 0 unspecified atom stereocenters. The molecule has 0 heterocycles. The van der Waals surface area contributed by atoms with E-state index in [2.05, 4.69) is 24.4 Å². The number of carbonyl (C=O) groups excluding carboxylic acids is 1. The third-order valence-corrected chi connectivity index (χ3v) is 3.36. The number of nitrogen functional groups attached to an aromatic ring is 1. The molecule has 5 heteroatoms. The van der Waals surface area contributed by atoms with Gasteiger partial charge in [-0.25, -0.2) is 5.43 Å². The fourth-order valence-corrected chi connectivity index (χ4v) is 2.38. The largest absolute Gasteiger partial charge is 0.505 e. The van der Waals surface area contributed by atoms with Gasteiger partial charge in [0, 0.05) is 11.1 Å². The lowest BCUT2D eigenvalue weighted by molar-refractivity contribution is 0.0952. The summed E-state index contributed by atoms with van der Waals surface area (Å²) in [6.07, 6.45) is 0.798. The van der Waals surface area contributed by atoms with E-state index in [1.807, 2.05) is 25.1 Å². The van der Waals surface area contributed by atoms with Gasteiger partial charge in [-0.05, 0) is 30.7 Å². The van der Waals surface area contributed by atoms with Crippen molar-refractivity contribution in [3.63, 3.8) is 0 Å². The van der Waals surface area contributed by atoms with Gasteiger partial charge >= 0.3 is 0 Å². The predicted octanol–water partition coefficient (Wildman–Crippen LogP) is 3.28. The van der Waals surface area contributed by atoms with E-state index in [1.54, 1.807) is 12.1 Å². The molecule has 0 aliphatic carbocycles. The average molecular weight is 299 g/mol. The summed E-state index contributed by atoms with van der Waals surface area (Å²) in [7, 11) is 0. The van der Waals surface area contributed by atoms with Gasteiger partial charge < -0.3 is 10.8 Å². The third-order valence-electron chi connectivity index (χ3n) is 3.36. The fraction of sp³-hybridized carbons (Fsp3) is 0.294. The van der Waals surface area contributed by atoms with Gasteiger partial charge in [0.05, 0.1) is 11.3 Å². The fourth-order valence-electron chi connectivity index (χ4n) is 2.38. The maximum absolute atomic E-state index is 12.2. The molecule has 0 aliphatic rings. The average Bonchev–Trinajstić information content (AvgIpc) is 2.48. The number of aromatic hydroxyl groups is 1. The smallest absolute Gasteiger partial charge is 0.275 e. The summed E-state index contributed by atoms with van der Waals surface area (Å²) in [5.41, 5.74) is 9.54. The number of hydrogen-bond acceptors (Lipinski definition) is 4. The molecule has 22 heavy (non-hydrogen) atoms. The number of nitrogens with zero attached hydrogens (tertiary/aromatic N) is 1. The van der Waals surface area contributed by atoms with Crippen LogP contribution in [0, 0.1) is 5.92 Å². The summed E-state index contributed by atoms with van der Waals surface area (Å²) in [4.78, 5) is 12.2. The van der Waals surface area contributed by atoms with E-state index in [-0.39, 0.29) is 17.0 Å². The topological polar surface area (TPSA) is 87.7 Å². The molecule has 116 valence electrons. The van der Waals surface area contributed by atoms with Crippen molar-refractivity contribution in [1.82, 2.24) is 5.43 Å². The minimum Gasteiger partial charge on any atom is -0.505 e. The van der Waals surface area contributed by atoms with Crippen LogP contribution in [0.5, 0.6) is 5.75 Å². The predicted molar refractivity (Wildman–Crippen MR) is 90.1 cm³/mol. The Morgan fingerprint density at radius 2 is 2.05 bits per heavy atom. The quantitative estimate of drug-likeness (QED) is 0.350. The standard InChI is InChI=1S/C17H21N3O2/c1-10(2)8-11(3)19-20-17(22)14-9-12-6-4-5-7-13(12)15(18)16(14)21/h4-7,9-10,21H,8,18H2,1-3H3,(H,20,22). The number of benzene rings is 2. The highest BCUT2D eigenvalue weighted by atomic mass is 16.3. The van der Waals surface area contributed by atoms with E-state index >= 15 is 0 Å². The number of rotatable bonds is 4. The lowest BCUT2D eigenvalue weighted by Gasteiger charge is -2.10. The summed E-state index contributed by atoms with van der Waals surface area (Å²) in [6.45, 7) is 6.02. The lowest BCUT2D eigenvalue weighted by Crippen LogP contribution is -2.20. The van der Waals surface area contributed by atoms with Gasteiger partial charge in [0.1, 0.15) is 0 Å². The molecule has 0 saturated carbocycles. The van der Waals surface area contributed by atoms with E-state index in [1.165, 1.54) is 0 Å². The van der Waals surface area contributed by atoms with Crippen LogP contribution < -0.4 is 11.2 Å². The molecule has 2 aromatic rings. The van der Waals surface area contributed by atoms with Crippen LogP contribution in [-0.2, 0) is 0 Å². The number of phenolic OH excluding ortho intramolecular Hbond substituents is 1. The first kappa shape index (κ1) is 15.8. The summed E-state index contributed by atoms with van der Waals surface area (Å²) in [5.74, 6) is -0.226. The molecular weight excluding hydrogens is 278 g/mol. The Hall–Kier alpha value is -2.56. The van der Waals surface area contributed by atoms with Crippen LogP contribution in [0.15, 0.2) is 35.4 Å². The summed E-state index contributed by atoms with van der Waals surface area (Å²) in [5, 5.41) is 15.7. The molecule has 0 atom stereocenters. The Morgan fingerprint density at radius 1 is 1.36 bits per heavy atom. The summed E-state index contributed by atoms with van der Waals surface area (Å²) in [6, 6.07) is 8.94. The Morgan fingerprint density at radius 3 is 2.73 bits per heavy atom. The number of phenols is 1. The molecule has 0 spiro atoms. The van der Waals surface area contributed by atoms with Gasteiger partial charge in [0.2, 0.25) is 0 Å². The highest BCUT2D eigenvalue weighted by Gasteiger charge is 2.16. The number of nitrogens with one attached hydrogen (secondary N) is 1. The second kappa shape index (κ2) is 6.47. The molecule has 0 aromatic heterocycles. The second-order valence-electron chi connectivity index (χ2n) is 5.79. The van der Waals surface area contributed by atoms with Crippen molar-refractivity contribution in [3.8, 4) is 5.75 Å². The molecule has 0 saturated heterocycles. The van der Waals surface area contributed by atoms with Crippen LogP contribution in [0.1, 0.15) is 37.6 Å². The zero-order valence-corrected chi connectivity index (χ0v) is 13.1. The van der Waals surface area contributed by atoms with Crippen molar-refractivity contribution in [2.45, 2.75) is 27.2 Å². The van der Waals surface area contributed by atoms with Gasteiger partial charge in [0.15, 0.2) is 5.75 Å². The molecule has 0 bridgehead atoms. The van der Waals surface area contributed by atoms with Crippen molar-refractivity contribution in [2.24, 2.45) is 11.0 Å². The number of carbonyl (C=O) groups is 1. The maximum Gasteiger partial charge on any atom is 0.275 e. The van der Waals surface area contributed by atoms with Crippen LogP contribution in [0.4, 0.5) is 5.69 Å². The number of amides is 1. The first-order chi connectivity index (χ1) is 10.4. The van der Waals surface area contributed by atoms with Gasteiger partial charge in [-0.3, -0.25) is 4.79 Å². The number of hydrogen-bond donors (Lipinski definition) is 3. The van der Waals surface area contributed by atoms with Crippen molar-refractivity contribution in [2.75, 3.05) is 5.73 Å². The van der Waals surface area contributed by atoms with E-state index in [9.17, 15) is 9.90 Å². The maximum atomic E-state index is 12.2. The van der Waals surface area contributed by atoms with Gasteiger partial charge in [-0.2, -0.15) is 5.10 Å². The first-order valence-electron chi connectivity index (χ1n) is 7.23. The number of fused-ring (bicyclic) bond motifs is 1. The molecule has 2 rings (SSSR count).